The molecule has 1 aliphatic heterocycles. The molecular formula is C17H19N3O2. The fraction of sp³-hybridized carbons (Fsp3) is 0.353. The fourth-order valence-corrected chi connectivity index (χ4v) is 2.97. The van der Waals surface area contributed by atoms with Crippen LogP contribution in [0.3, 0.4) is 0 Å². The quantitative estimate of drug-likeness (QED) is 0.943. The minimum Gasteiger partial charge on any atom is -0.476 e. The summed E-state index contributed by atoms with van der Waals surface area (Å²) in [5, 5.41) is 8.88. The molecule has 0 saturated carbocycles. The van der Waals surface area contributed by atoms with Crippen LogP contribution in [0.4, 0.5) is 5.82 Å². The molecule has 0 aliphatic carbocycles. The molecule has 1 aliphatic rings. The summed E-state index contributed by atoms with van der Waals surface area (Å²) in [6.07, 6.45) is 3.84. The second-order valence-corrected chi connectivity index (χ2v) is 5.88. The molecule has 0 amide bonds. The van der Waals surface area contributed by atoms with Crippen LogP contribution in [-0.4, -0.2) is 27.6 Å². The van der Waals surface area contributed by atoms with Gasteiger partial charge < -0.3 is 10.0 Å². The van der Waals surface area contributed by atoms with E-state index in [1.807, 2.05) is 0 Å². The number of carbonyl (C=O) groups is 1. The van der Waals surface area contributed by atoms with E-state index in [1.165, 1.54) is 22.9 Å². The van der Waals surface area contributed by atoms with Gasteiger partial charge in [0.2, 0.25) is 0 Å². The van der Waals surface area contributed by atoms with Crippen molar-refractivity contribution in [2.45, 2.75) is 32.7 Å². The van der Waals surface area contributed by atoms with Gasteiger partial charge in [-0.1, -0.05) is 32.0 Å². The topological polar surface area (TPSA) is 66.3 Å². The fourth-order valence-electron chi connectivity index (χ4n) is 2.97. The number of carboxylic acids is 1. The molecule has 0 radical (unpaired) electrons. The number of anilines is 1. The van der Waals surface area contributed by atoms with Crippen LogP contribution in [0.5, 0.6) is 0 Å². The second kappa shape index (κ2) is 5.75. The molecule has 1 aromatic heterocycles. The molecule has 5 heteroatoms. The van der Waals surface area contributed by atoms with Crippen molar-refractivity contribution in [2.24, 2.45) is 0 Å². The first kappa shape index (κ1) is 14.5. The predicted molar refractivity (Wildman–Crippen MR) is 84.3 cm³/mol. The number of aromatic carboxylic acids is 1. The summed E-state index contributed by atoms with van der Waals surface area (Å²) < 4.78 is 0. The molecule has 1 N–H and O–H groups in total. The van der Waals surface area contributed by atoms with Gasteiger partial charge in [0.25, 0.3) is 0 Å². The van der Waals surface area contributed by atoms with Crippen molar-refractivity contribution in [1.82, 2.24) is 9.97 Å². The Kier molecular flexibility index (Phi) is 3.79. The molecule has 0 atom stereocenters. The van der Waals surface area contributed by atoms with Crippen LogP contribution < -0.4 is 4.90 Å². The van der Waals surface area contributed by atoms with Gasteiger partial charge in [0.15, 0.2) is 5.69 Å². The lowest BCUT2D eigenvalue weighted by molar-refractivity contribution is 0.0690. The maximum absolute atomic E-state index is 10.8. The molecule has 0 fully saturated rings. The molecule has 0 bridgehead atoms. The second-order valence-electron chi connectivity index (χ2n) is 5.88. The van der Waals surface area contributed by atoms with E-state index in [0.717, 1.165) is 25.3 Å². The number of nitrogens with zero attached hydrogens (tertiary/aromatic N) is 3. The number of carboxylic acid groups (broad SMARTS) is 1. The number of rotatable bonds is 3. The zero-order valence-electron chi connectivity index (χ0n) is 12.8. The third-order valence-electron chi connectivity index (χ3n) is 4.11. The molecule has 2 heterocycles. The standard InChI is InChI=1S/C17H19N3O2/c1-11(2)13-5-3-4-12-10-20(7-6-14(12)13)16-9-18-15(8-19-16)17(21)22/h3-5,8-9,11H,6-7,10H2,1-2H3,(H,21,22). The average molecular weight is 297 g/mol. The summed E-state index contributed by atoms with van der Waals surface area (Å²) in [6, 6.07) is 6.48. The molecule has 1 aromatic carbocycles. The molecule has 22 heavy (non-hydrogen) atoms. The highest BCUT2D eigenvalue weighted by Crippen LogP contribution is 2.29. The Morgan fingerprint density at radius 1 is 1.27 bits per heavy atom. The van der Waals surface area contributed by atoms with Crippen LogP contribution in [0.1, 0.15) is 46.9 Å². The van der Waals surface area contributed by atoms with E-state index in [-0.39, 0.29) is 5.69 Å². The normalized spacial score (nSPS) is 14.0. The Hall–Kier alpha value is -2.43. The van der Waals surface area contributed by atoms with Gasteiger partial charge in [-0.25, -0.2) is 14.8 Å². The van der Waals surface area contributed by atoms with Crippen molar-refractivity contribution in [3.05, 3.63) is 53.0 Å². The van der Waals surface area contributed by atoms with Crippen molar-refractivity contribution < 1.29 is 9.90 Å². The van der Waals surface area contributed by atoms with E-state index < -0.39 is 5.97 Å². The van der Waals surface area contributed by atoms with Crippen LogP contribution in [0.2, 0.25) is 0 Å². The molecule has 0 saturated heterocycles. The summed E-state index contributed by atoms with van der Waals surface area (Å²) in [6.45, 7) is 6.10. The molecule has 0 spiro atoms. The van der Waals surface area contributed by atoms with E-state index in [9.17, 15) is 4.79 Å². The summed E-state index contributed by atoms with van der Waals surface area (Å²) >= 11 is 0. The molecule has 0 unspecified atom stereocenters. The number of fused-ring (bicyclic) bond motifs is 1. The number of hydrogen-bond donors (Lipinski definition) is 1. The molecule has 2 aromatic rings. The van der Waals surface area contributed by atoms with Crippen molar-refractivity contribution in [3.63, 3.8) is 0 Å². The highest BCUT2D eigenvalue weighted by molar-refractivity contribution is 5.84. The first-order valence-electron chi connectivity index (χ1n) is 7.47. The van der Waals surface area contributed by atoms with E-state index in [2.05, 4.69) is 46.9 Å². The minimum absolute atomic E-state index is 0.0248. The van der Waals surface area contributed by atoms with Crippen molar-refractivity contribution in [1.29, 1.82) is 0 Å². The smallest absolute Gasteiger partial charge is 0.356 e. The molecular weight excluding hydrogens is 278 g/mol. The number of aromatic nitrogens is 2. The van der Waals surface area contributed by atoms with E-state index in [4.69, 9.17) is 5.11 Å². The van der Waals surface area contributed by atoms with Gasteiger partial charge in [0.05, 0.1) is 12.4 Å². The largest absolute Gasteiger partial charge is 0.476 e. The first-order valence-corrected chi connectivity index (χ1v) is 7.47. The van der Waals surface area contributed by atoms with Crippen LogP contribution in [0.25, 0.3) is 0 Å². The van der Waals surface area contributed by atoms with Crippen LogP contribution in [0.15, 0.2) is 30.6 Å². The van der Waals surface area contributed by atoms with Crippen molar-refractivity contribution >= 4 is 11.8 Å². The molecule has 114 valence electrons. The van der Waals surface area contributed by atoms with E-state index >= 15 is 0 Å². The Morgan fingerprint density at radius 3 is 2.73 bits per heavy atom. The van der Waals surface area contributed by atoms with Crippen LogP contribution in [0, 0.1) is 0 Å². The van der Waals surface area contributed by atoms with E-state index in [0.29, 0.717) is 5.92 Å². The number of benzene rings is 1. The van der Waals surface area contributed by atoms with Gasteiger partial charge in [-0.05, 0) is 29.0 Å². The van der Waals surface area contributed by atoms with Gasteiger partial charge >= 0.3 is 5.97 Å². The Bertz CT molecular complexity index is 696. The Labute approximate surface area is 129 Å². The summed E-state index contributed by atoms with van der Waals surface area (Å²) in [5.41, 5.74) is 4.16. The maximum Gasteiger partial charge on any atom is 0.356 e. The SMILES string of the molecule is CC(C)c1cccc2c1CCN(c1cnc(C(=O)O)cn1)C2. The van der Waals surface area contributed by atoms with Gasteiger partial charge in [-0.3, -0.25) is 0 Å². The van der Waals surface area contributed by atoms with Crippen molar-refractivity contribution in [2.75, 3.05) is 11.4 Å². The predicted octanol–water partition coefficient (Wildman–Crippen LogP) is 2.86. The third kappa shape index (κ3) is 2.66. The van der Waals surface area contributed by atoms with Gasteiger partial charge in [-0.2, -0.15) is 0 Å². The third-order valence-corrected chi connectivity index (χ3v) is 4.11. The maximum atomic E-state index is 10.8. The minimum atomic E-state index is -1.05. The Balaban J connectivity index is 1.85. The van der Waals surface area contributed by atoms with Gasteiger partial charge in [-0.15, -0.1) is 0 Å². The van der Waals surface area contributed by atoms with E-state index in [1.54, 1.807) is 6.20 Å². The molecule has 5 nitrogen and oxygen atoms in total. The zero-order chi connectivity index (χ0) is 15.7. The summed E-state index contributed by atoms with van der Waals surface area (Å²) in [4.78, 5) is 21.2. The lowest BCUT2D eigenvalue weighted by Crippen LogP contribution is -2.32. The lowest BCUT2D eigenvalue weighted by Gasteiger charge is -2.31. The lowest BCUT2D eigenvalue weighted by atomic mass is 9.89. The van der Waals surface area contributed by atoms with Crippen molar-refractivity contribution in [3.8, 4) is 0 Å². The number of hydrogen-bond acceptors (Lipinski definition) is 4. The first-order chi connectivity index (χ1) is 10.6. The highest BCUT2D eigenvalue weighted by atomic mass is 16.4. The van der Waals surface area contributed by atoms with Crippen LogP contribution in [-0.2, 0) is 13.0 Å². The van der Waals surface area contributed by atoms with Gasteiger partial charge in [0, 0.05) is 13.1 Å². The average Bonchev–Trinajstić information content (AvgIpc) is 2.53. The monoisotopic (exact) mass is 297 g/mol. The van der Waals surface area contributed by atoms with Crippen LogP contribution >= 0.6 is 0 Å². The molecule has 3 rings (SSSR count). The highest BCUT2D eigenvalue weighted by Gasteiger charge is 2.21. The Morgan fingerprint density at radius 2 is 2.09 bits per heavy atom. The summed E-state index contributed by atoms with van der Waals surface area (Å²) in [7, 11) is 0. The van der Waals surface area contributed by atoms with Gasteiger partial charge in [0.1, 0.15) is 5.82 Å². The zero-order valence-corrected chi connectivity index (χ0v) is 12.8. The summed E-state index contributed by atoms with van der Waals surface area (Å²) in [5.74, 6) is 0.200.